The van der Waals surface area contributed by atoms with Crippen LogP contribution in [0.2, 0.25) is 0 Å². The molecule has 0 radical (unpaired) electrons. The van der Waals surface area contributed by atoms with Crippen LogP contribution in [-0.4, -0.2) is 18.7 Å². The summed E-state index contributed by atoms with van der Waals surface area (Å²) in [6.45, 7) is 4.78. The number of unbranched alkanes of at least 4 members (excludes halogenated alkanes) is 1. The Kier molecular flexibility index (Phi) is 6.36. The number of nitrogens with one attached hydrogen (secondary N) is 1. The van der Waals surface area contributed by atoms with Crippen molar-refractivity contribution < 1.29 is 9.53 Å². The van der Waals surface area contributed by atoms with Crippen molar-refractivity contribution in [2.75, 3.05) is 6.61 Å². The number of hydrogen-bond donors (Lipinski definition) is 1. The van der Waals surface area contributed by atoms with Gasteiger partial charge in [-0.1, -0.05) is 43.2 Å². The molecule has 0 unspecified atom stereocenters. The van der Waals surface area contributed by atoms with Gasteiger partial charge in [0.1, 0.15) is 5.75 Å². The molecule has 0 saturated heterocycles. The van der Waals surface area contributed by atoms with E-state index in [4.69, 9.17) is 4.74 Å². The third-order valence-electron chi connectivity index (χ3n) is 3.36. The molecule has 2 aromatic carbocycles. The summed E-state index contributed by atoms with van der Waals surface area (Å²) in [7, 11) is 0. The number of hydrazone groups is 1. The summed E-state index contributed by atoms with van der Waals surface area (Å²) in [6, 6.07) is 15.0. The Labute approximate surface area is 137 Å². The fraction of sp³-hybridized carbons (Fsp3) is 0.263. The van der Waals surface area contributed by atoms with Gasteiger partial charge in [-0.15, -0.1) is 0 Å². The molecule has 0 aliphatic carbocycles. The number of amides is 1. The maximum Gasteiger partial charge on any atom is 0.271 e. The van der Waals surface area contributed by atoms with Crippen molar-refractivity contribution in [1.29, 1.82) is 0 Å². The van der Waals surface area contributed by atoms with Crippen LogP contribution in [0.25, 0.3) is 0 Å². The summed E-state index contributed by atoms with van der Waals surface area (Å²) in [5, 5.41) is 4.02. The number of rotatable bonds is 7. The van der Waals surface area contributed by atoms with Gasteiger partial charge in [0.15, 0.2) is 0 Å². The number of hydrogen-bond acceptors (Lipinski definition) is 3. The van der Waals surface area contributed by atoms with E-state index in [2.05, 4.69) is 17.5 Å². The van der Waals surface area contributed by atoms with Crippen molar-refractivity contribution in [3.63, 3.8) is 0 Å². The lowest BCUT2D eigenvalue weighted by molar-refractivity contribution is 0.0955. The smallest absolute Gasteiger partial charge is 0.271 e. The number of aryl methyl sites for hydroxylation is 1. The fourth-order valence-corrected chi connectivity index (χ4v) is 1.98. The first-order valence-electron chi connectivity index (χ1n) is 7.82. The van der Waals surface area contributed by atoms with E-state index in [1.165, 1.54) is 0 Å². The normalized spacial score (nSPS) is 10.7. The first-order valence-corrected chi connectivity index (χ1v) is 7.82. The number of carbonyl (C=O) groups excluding carboxylic acids is 1. The Morgan fingerprint density at radius 1 is 1.17 bits per heavy atom. The lowest BCUT2D eigenvalue weighted by Gasteiger charge is -2.08. The third-order valence-corrected chi connectivity index (χ3v) is 3.36. The van der Waals surface area contributed by atoms with Gasteiger partial charge < -0.3 is 4.74 Å². The van der Waals surface area contributed by atoms with E-state index in [1.807, 2.05) is 43.3 Å². The molecule has 0 fully saturated rings. The molecule has 0 aliphatic rings. The van der Waals surface area contributed by atoms with E-state index in [0.29, 0.717) is 12.2 Å². The molecule has 1 N–H and O–H groups in total. The van der Waals surface area contributed by atoms with E-state index >= 15 is 0 Å². The van der Waals surface area contributed by atoms with Crippen LogP contribution in [0, 0.1) is 6.92 Å². The standard InChI is InChI=1S/C19H22N2O2/c1-3-4-13-23-18-8-6-5-7-17(18)14-20-21-19(22)16-11-9-15(2)10-12-16/h5-12,14H,3-4,13H2,1-2H3,(H,21,22)/b20-14-. The summed E-state index contributed by atoms with van der Waals surface area (Å²) >= 11 is 0. The summed E-state index contributed by atoms with van der Waals surface area (Å²) in [5.41, 5.74) is 5.07. The van der Waals surface area contributed by atoms with Crippen molar-refractivity contribution >= 4 is 12.1 Å². The van der Waals surface area contributed by atoms with Crippen LogP contribution in [0.1, 0.15) is 41.3 Å². The average molecular weight is 310 g/mol. The molecule has 120 valence electrons. The Morgan fingerprint density at radius 2 is 1.91 bits per heavy atom. The highest BCUT2D eigenvalue weighted by Crippen LogP contribution is 2.16. The first kappa shape index (κ1) is 16.7. The van der Waals surface area contributed by atoms with Crippen molar-refractivity contribution in [3.8, 4) is 5.75 Å². The molecular weight excluding hydrogens is 288 g/mol. The molecule has 0 bridgehead atoms. The second-order valence-electron chi connectivity index (χ2n) is 5.30. The molecule has 2 rings (SSSR count). The van der Waals surface area contributed by atoms with E-state index in [-0.39, 0.29) is 5.91 Å². The first-order chi connectivity index (χ1) is 11.2. The van der Waals surface area contributed by atoms with E-state index in [1.54, 1.807) is 18.3 Å². The van der Waals surface area contributed by atoms with Gasteiger partial charge >= 0.3 is 0 Å². The number of ether oxygens (including phenoxy) is 1. The van der Waals surface area contributed by atoms with Gasteiger partial charge in [-0.05, 0) is 37.6 Å². The third kappa shape index (κ3) is 5.25. The van der Waals surface area contributed by atoms with Crippen LogP contribution in [0.3, 0.4) is 0 Å². The Morgan fingerprint density at radius 3 is 2.65 bits per heavy atom. The largest absolute Gasteiger partial charge is 0.493 e. The van der Waals surface area contributed by atoms with E-state index < -0.39 is 0 Å². The Bertz CT molecular complexity index is 663. The minimum absolute atomic E-state index is 0.231. The Hall–Kier alpha value is -2.62. The molecule has 0 aliphatic heterocycles. The van der Waals surface area contributed by atoms with E-state index in [0.717, 1.165) is 29.7 Å². The van der Waals surface area contributed by atoms with Gasteiger partial charge in [-0.25, -0.2) is 5.43 Å². The minimum Gasteiger partial charge on any atom is -0.493 e. The van der Waals surface area contributed by atoms with Crippen molar-refractivity contribution in [2.24, 2.45) is 5.10 Å². The summed E-state index contributed by atoms with van der Waals surface area (Å²) in [6.07, 6.45) is 3.70. The molecule has 2 aromatic rings. The monoisotopic (exact) mass is 310 g/mol. The van der Waals surface area contributed by atoms with Crippen molar-refractivity contribution in [1.82, 2.24) is 5.43 Å². The molecule has 0 aromatic heterocycles. The van der Waals surface area contributed by atoms with Crippen LogP contribution in [0.5, 0.6) is 5.75 Å². The molecule has 4 heteroatoms. The second kappa shape index (κ2) is 8.73. The van der Waals surface area contributed by atoms with Gasteiger partial charge in [-0.2, -0.15) is 5.10 Å². The summed E-state index contributed by atoms with van der Waals surface area (Å²) < 4.78 is 5.73. The predicted octanol–water partition coefficient (Wildman–Crippen LogP) is 3.94. The SMILES string of the molecule is CCCCOc1ccccc1/C=N\NC(=O)c1ccc(C)cc1. The molecule has 4 nitrogen and oxygen atoms in total. The maximum atomic E-state index is 12.0. The predicted molar refractivity (Wildman–Crippen MR) is 93.1 cm³/mol. The van der Waals surface area contributed by atoms with Gasteiger partial charge in [0, 0.05) is 11.1 Å². The quantitative estimate of drug-likeness (QED) is 0.478. The van der Waals surface area contributed by atoms with Gasteiger partial charge in [0.05, 0.1) is 12.8 Å². The van der Waals surface area contributed by atoms with Crippen LogP contribution in [0.15, 0.2) is 53.6 Å². The van der Waals surface area contributed by atoms with Crippen molar-refractivity contribution in [3.05, 3.63) is 65.2 Å². The number of nitrogens with zero attached hydrogens (tertiary/aromatic N) is 1. The molecule has 0 spiro atoms. The zero-order valence-corrected chi connectivity index (χ0v) is 13.6. The molecule has 0 heterocycles. The zero-order chi connectivity index (χ0) is 16.5. The molecule has 0 saturated carbocycles. The van der Waals surface area contributed by atoms with Crippen LogP contribution in [-0.2, 0) is 0 Å². The Balaban J connectivity index is 1.97. The maximum absolute atomic E-state index is 12.0. The van der Waals surface area contributed by atoms with Crippen LogP contribution < -0.4 is 10.2 Å². The topological polar surface area (TPSA) is 50.7 Å². The molecule has 1 amide bonds. The number of para-hydroxylation sites is 1. The van der Waals surface area contributed by atoms with Crippen LogP contribution >= 0.6 is 0 Å². The van der Waals surface area contributed by atoms with Gasteiger partial charge in [-0.3, -0.25) is 4.79 Å². The van der Waals surface area contributed by atoms with Crippen molar-refractivity contribution in [2.45, 2.75) is 26.7 Å². The lowest BCUT2D eigenvalue weighted by atomic mass is 10.1. The number of benzene rings is 2. The van der Waals surface area contributed by atoms with Gasteiger partial charge in [0.2, 0.25) is 0 Å². The highest BCUT2D eigenvalue weighted by molar-refractivity contribution is 5.95. The highest BCUT2D eigenvalue weighted by Gasteiger charge is 2.04. The summed E-state index contributed by atoms with van der Waals surface area (Å²) in [5.74, 6) is 0.542. The van der Waals surface area contributed by atoms with Crippen LogP contribution in [0.4, 0.5) is 0 Å². The number of carbonyl (C=O) groups is 1. The molecule has 23 heavy (non-hydrogen) atoms. The molecule has 0 atom stereocenters. The highest BCUT2D eigenvalue weighted by atomic mass is 16.5. The van der Waals surface area contributed by atoms with Gasteiger partial charge in [0.25, 0.3) is 5.91 Å². The second-order valence-corrected chi connectivity index (χ2v) is 5.30. The summed E-state index contributed by atoms with van der Waals surface area (Å²) in [4.78, 5) is 12.0. The average Bonchev–Trinajstić information content (AvgIpc) is 2.57. The minimum atomic E-state index is -0.231. The lowest BCUT2D eigenvalue weighted by Crippen LogP contribution is -2.17. The zero-order valence-electron chi connectivity index (χ0n) is 13.6. The fourth-order valence-electron chi connectivity index (χ4n) is 1.98. The molecular formula is C19H22N2O2. The van der Waals surface area contributed by atoms with E-state index in [9.17, 15) is 4.79 Å².